The van der Waals surface area contributed by atoms with Crippen LogP contribution in [0.1, 0.15) is 34.8 Å². The molecule has 4 heterocycles. The van der Waals surface area contributed by atoms with Crippen molar-refractivity contribution < 1.29 is 19.7 Å². The second kappa shape index (κ2) is 5.49. The minimum Gasteiger partial charge on any atom is -0.476 e. The molecule has 5 rings (SSSR count). The third-order valence-electron chi connectivity index (χ3n) is 5.35. The number of carbonyl (C=O) groups is 1. The molecule has 0 bridgehead atoms. The van der Waals surface area contributed by atoms with Crippen LogP contribution in [0.2, 0.25) is 0 Å². The number of carboxylic acids is 1. The minimum absolute atomic E-state index is 0.0933. The molecule has 26 heavy (non-hydrogen) atoms. The second-order valence-corrected chi connectivity index (χ2v) is 7.42. The molecule has 136 valence electrons. The lowest BCUT2D eigenvalue weighted by Gasteiger charge is -2.40. The molecule has 0 spiro atoms. The normalized spacial score (nSPS) is 23.9. The molecular weight excluding hydrogens is 338 g/mol. The molecule has 9 heteroatoms. The summed E-state index contributed by atoms with van der Waals surface area (Å²) in [4.78, 5) is 15.6. The van der Waals surface area contributed by atoms with Crippen molar-refractivity contribution in [3.05, 3.63) is 35.7 Å². The predicted octanol–water partition coefficient (Wildman–Crippen LogP) is 0.406. The molecule has 0 radical (unpaired) electrons. The third kappa shape index (κ3) is 2.55. The third-order valence-corrected chi connectivity index (χ3v) is 5.35. The van der Waals surface area contributed by atoms with Crippen LogP contribution in [0.4, 0.5) is 0 Å². The molecule has 2 fully saturated rings. The zero-order valence-electron chi connectivity index (χ0n) is 14.1. The van der Waals surface area contributed by atoms with E-state index in [9.17, 15) is 9.90 Å². The number of carboxylic acid groups (broad SMARTS) is 1. The number of aliphatic hydroxyl groups is 1. The van der Waals surface area contributed by atoms with Crippen molar-refractivity contribution in [2.24, 2.45) is 11.8 Å². The van der Waals surface area contributed by atoms with Crippen LogP contribution in [0, 0.1) is 11.8 Å². The fourth-order valence-corrected chi connectivity index (χ4v) is 3.73. The molecule has 1 saturated carbocycles. The number of aromatic nitrogens is 5. The van der Waals surface area contributed by atoms with E-state index in [1.165, 1.54) is 23.7 Å². The minimum atomic E-state index is -1.11. The molecule has 1 saturated heterocycles. The molecule has 1 unspecified atom stereocenters. The van der Waals surface area contributed by atoms with Crippen molar-refractivity contribution in [1.29, 1.82) is 0 Å². The smallest absolute Gasteiger partial charge is 0.358 e. The second-order valence-electron chi connectivity index (χ2n) is 7.42. The van der Waals surface area contributed by atoms with Gasteiger partial charge in [0.15, 0.2) is 5.69 Å². The van der Waals surface area contributed by atoms with Crippen molar-refractivity contribution in [1.82, 2.24) is 24.5 Å². The van der Waals surface area contributed by atoms with Gasteiger partial charge >= 0.3 is 5.97 Å². The highest BCUT2D eigenvalue weighted by Gasteiger charge is 2.45. The van der Waals surface area contributed by atoms with Crippen LogP contribution in [-0.2, 0) is 17.8 Å². The van der Waals surface area contributed by atoms with E-state index < -0.39 is 11.6 Å². The molecule has 0 amide bonds. The molecule has 1 aliphatic carbocycles. The standard InChI is InChI=1S/C17H19N5O4/c23-16(24)14-7-22(20-19-14)6-12-5-21-4-11(10-1-2-10)3-13(15(21)18-12)17(25)8-26-9-17/h3,5,7,10-11,25H,1-2,4,6,8-9H2,(H,23,24). The van der Waals surface area contributed by atoms with Gasteiger partial charge in [-0.1, -0.05) is 11.3 Å². The summed E-state index contributed by atoms with van der Waals surface area (Å²) in [5.41, 5.74) is 0.553. The first kappa shape index (κ1) is 15.7. The van der Waals surface area contributed by atoms with Crippen molar-refractivity contribution >= 4 is 11.5 Å². The monoisotopic (exact) mass is 357 g/mol. The van der Waals surface area contributed by atoms with Gasteiger partial charge in [-0.2, -0.15) is 0 Å². The maximum absolute atomic E-state index is 10.9. The van der Waals surface area contributed by atoms with E-state index in [1.54, 1.807) is 0 Å². The number of allylic oxidation sites excluding steroid dienone is 1. The van der Waals surface area contributed by atoms with Crippen molar-refractivity contribution in [3.63, 3.8) is 0 Å². The Morgan fingerprint density at radius 3 is 2.77 bits per heavy atom. The van der Waals surface area contributed by atoms with Crippen molar-refractivity contribution in [3.8, 4) is 0 Å². The molecule has 9 nitrogen and oxygen atoms in total. The predicted molar refractivity (Wildman–Crippen MR) is 88.3 cm³/mol. The molecule has 2 aliphatic heterocycles. The first-order chi connectivity index (χ1) is 12.5. The summed E-state index contributed by atoms with van der Waals surface area (Å²) < 4.78 is 8.79. The summed E-state index contributed by atoms with van der Waals surface area (Å²) in [7, 11) is 0. The number of hydrogen-bond donors (Lipinski definition) is 2. The zero-order valence-corrected chi connectivity index (χ0v) is 14.1. The van der Waals surface area contributed by atoms with Crippen LogP contribution in [0.5, 0.6) is 0 Å². The van der Waals surface area contributed by atoms with Crippen molar-refractivity contribution in [2.45, 2.75) is 31.5 Å². The average Bonchev–Trinajstić information content (AvgIpc) is 3.19. The molecular formula is C17H19N5O4. The van der Waals surface area contributed by atoms with Crippen LogP contribution in [0.15, 0.2) is 18.5 Å². The molecule has 3 aliphatic rings. The largest absolute Gasteiger partial charge is 0.476 e. The zero-order chi connectivity index (χ0) is 17.9. The summed E-state index contributed by atoms with van der Waals surface area (Å²) >= 11 is 0. The van der Waals surface area contributed by atoms with Gasteiger partial charge in [0.1, 0.15) is 11.4 Å². The van der Waals surface area contributed by atoms with Gasteiger partial charge in [0.05, 0.1) is 31.6 Å². The summed E-state index contributed by atoms with van der Waals surface area (Å²) in [6.45, 7) is 1.77. The molecule has 1 atom stereocenters. The first-order valence-corrected chi connectivity index (χ1v) is 8.74. The number of nitrogens with zero attached hydrogens (tertiary/aromatic N) is 5. The van der Waals surface area contributed by atoms with Crippen molar-refractivity contribution in [2.75, 3.05) is 13.2 Å². The van der Waals surface area contributed by atoms with E-state index in [1.807, 2.05) is 6.20 Å². The van der Waals surface area contributed by atoms with Crippen LogP contribution < -0.4 is 0 Å². The maximum Gasteiger partial charge on any atom is 0.358 e. The van der Waals surface area contributed by atoms with Gasteiger partial charge in [-0.15, -0.1) is 5.10 Å². The summed E-state index contributed by atoms with van der Waals surface area (Å²) in [6, 6.07) is 0. The van der Waals surface area contributed by atoms with E-state index in [4.69, 9.17) is 9.84 Å². The number of ether oxygens (including phenoxy) is 1. The SMILES string of the molecule is O=C(O)c1cn(Cc2cn3c(n2)C(C2(O)COC2)=CC(C2CC2)C3)nn1. The highest BCUT2D eigenvalue weighted by Crippen LogP contribution is 2.44. The van der Waals surface area contributed by atoms with Gasteiger partial charge in [0, 0.05) is 18.3 Å². The van der Waals surface area contributed by atoms with E-state index in [-0.39, 0.29) is 5.69 Å². The van der Waals surface area contributed by atoms with E-state index >= 15 is 0 Å². The van der Waals surface area contributed by atoms with Gasteiger partial charge in [0.2, 0.25) is 0 Å². The Hall–Kier alpha value is -2.52. The highest BCUT2D eigenvalue weighted by molar-refractivity contribution is 5.84. The maximum atomic E-state index is 10.9. The Kier molecular flexibility index (Phi) is 3.32. The molecule has 0 aromatic carbocycles. The Morgan fingerprint density at radius 2 is 2.15 bits per heavy atom. The lowest BCUT2D eigenvalue weighted by atomic mass is 9.85. The number of fused-ring (bicyclic) bond motifs is 1. The Bertz CT molecular complexity index is 906. The van der Waals surface area contributed by atoms with Gasteiger partial charge in [0.25, 0.3) is 0 Å². The summed E-state index contributed by atoms with van der Waals surface area (Å²) in [5, 5.41) is 27.2. The molecule has 2 aromatic rings. The quantitative estimate of drug-likeness (QED) is 0.796. The Morgan fingerprint density at radius 1 is 1.35 bits per heavy atom. The summed E-state index contributed by atoms with van der Waals surface area (Å²) in [5.74, 6) is 0.752. The van der Waals surface area contributed by atoms with Crippen LogP contribution in [0.3, 0.4) is 0 Å². The van der Waals surface area contributed by atoms with Crippen LogP contribution in [0.25, 0.3) is 5.57 Å². The number of aromatic carboxylic acids is 1. The Labute approximate surface area is 148 Å². The topological polar surface area (TPSA) is 115 Å². The lowest BCUT2D eigenvalue weighted by Crippen LogP contribution is -2.51. The van der Waals surface area contributed by atoms with E-state index in [2.05, 4.69) is 25.9 Å². The van der Waals surface area contributed by atoms with Gasteiger partial charge in [-0.05, 0) is 24.7 Å². The van der Waals surface area contributed by atoms with E-state index in [0.717, 1.165) is 23.6 Å². The molecule has 2 aromatic heterocycles. The number of hydrogen-bond acceptors (Lipinski definition) is 6. The Balaban J connectivity index is 1.45. The van der Waals surface area contributed by atoms with Gasteiger partial charge in [-0.3, -0.25) is 0 Å². The lowest BCUT2D eigenvalue weighted by molar-refractivity contribution is -0.141. The summed E-state index contributed by atoms with van der Waals surface area (Å²) in [6.07, 6.45) is 8.00. The number of rotatable bonds is 5. The van der Waals surface area contributed by atoms with E-state index in [0.29, 0.717) is 31.6 Å². The fourth-order valence-electron chi connectivity index (χ4n) is 3.73. The van der Waals surface area contributed by atoms with Gasteiger partial charge < -0.3 is 19.5 Å². The van der Waals surface area contributed by atoms with Crippen LogP contribution >= 0.6 is 0 Å². The fraction of sp³-hybridized carbons (Fsp3) is 0.529. The van der Waals surface area contributed by atoms with Gasteiger partial charge in [-0.25, -0.2) is 14.5 Å². The van der Waals surface area contributed by atoms with Crippen LogP contribution in [-0.4, -0.2) is 59.5 Å². The molecule has 2 N–H and O–H groups in total. The highest BCUT2D eigenvalue weighted by atomic mass is 16.5. The average molecular weight is 357 g/mol. The number of imidazole rings is 1. The first-order valence-electron chi connectivity index (χ1n) is 8.74.